The molecule has 4 nitrogen and oxygen atoms in total. The molecule has 0 bridgehead atoms. The molecule has 3 rings (SSSR count). The second kappa shape index (κ2) is 5.48. The molecule has 0 aliphatic carbocycles. The number of H-pyrrole nitrogens is 1. The van der Waals surface area contributed by atoms with Crippen molar-refractivity contribution in [2.75, 3.05) is 5.32 Å². The van der Waals surface area contributed by atoms with Crippen molar-refractivity contribution < 1.29 is 4.79 Å². The van der Waals surface area contributed by atoms with E-state index in [1.54, 1.807) is 18.2 Å². The first-order valence-electron chi connectivity index (χ1n) is 7.07. The molecular formula is C18H17N3O. The Balaban J connectivity index is 1.85. The number of anilines is 1. The van der Waals surface area contributed by atoms with Crippen LogP contribution in [-0.4, -0.2) is 15.9 Å². The molecule has 3 aromatic rings. The van der Waals surface area contributed by atoms with Gasteiger partial charge < -0.3 is 4.98 Å². The van der Waals surface area contributed by atoms with Gasteiger partial charge in [-0.3, -0.25) is 10.1 Å². The Labute approximate surface area is 128 Å². The fraction of sp³-hybridized carbons (Fsp3) is 0.111. The Morgan fingerprint density at radius 3 is 2.55 bits per heavy atom. The van der Waals surface area contributed by atoms with Crippen molar-refractivity contribution in [3.63, 3.8) is 0 Å². The van der Waals surface area contributed by atoms with Crippen LogP contribution in [0.5, 0.6) is 0 Å². The number of hydrogen-bond acceptors (Lipinski definition) is 2. The summed E-state index contributed by atoms with van der Waals surface area (Å²) in [6, 6.07) is 11.3. The van der Waals surface area contributed by atoms with E-state index in [1.165, 1.54) is 11.1 Å². The number of carbonyl (C=O) groups is 1. The quantitative estimate of drug-likeness (QED) is 0.764. The van der Waals surface area contributed by atoms with Crippen LogP contribution in [0.3, 0.4) is 0 Å². The normalized spacial score (nSPS) is 10.6. The number of aromatic nitrogens is 2. The van der Waals surface area contributed by atoms with Crippen LogP contribution in [0.25, 0.3) is 17.1 Å². The third kappa shape index (κ3) is 2.63. The van der Waals surface area contributed by atoms with Crippen LogP contribution >= 0.6 is 0 Å². The Morgan fingerprint density at radius 1 is 1.18 bits per heavy atom. The van der Waals surface area contributed by atoms with Gasteiger partial charge in [0, 0.05) is 5.56 Å². The molecule has 4 heteroatoms. The molecule has 1 heterocycles. The largest absolute Gasteiger partial charge is 0.324 e. The second-order valence-corrected chi connectivity index (χ2v) is 5.32. The number of amides is 1. The molecule has 0 atom stereocenters. The van der Waals surface area contributed by atoms with Gasteiger partial charge >= 0.3 is 0 Å². The highest BCUT2D eigenvalue weighted by atomic mass is 16.1. The molecular weight excluding hydrogens is 274 g/mol. The Morgan fingerprint density at radius 2 is 1.86 bits per heavy atom. The molecule has 0 radical (unpaired) electrons. The van der Waals surface area contributed by atoms with E-state index in [9.17, 15) is 4.79 Å². The predicted molar refractivity (Wildman–Crippen MR) is 90.1 cm³/mol. The number of rotatable bonds is 3. The maximum Gasteiger partial charge on any atom is 0.257 e. The van der Waals surface area contributed by atoms with Crippen LogP contribution in [0.1, 0.15) is 27.0 Å². The lowest BCUT2D eigenvalue weighted by molar-refractivity contribution is 0.102. The van der Waals surface area contributed by atoms with E-state index in [4.69, 9.17) is 0 Å². The van der Waals surface area contributed by atoms with Crippen LogP contribution in [-0.2, 0) is 0 Å². The van der Waals surface area contributed by atoms with Crippen molar-refractivity contribution in [2.45, 2.75) is 13.8 Å². The molecule has 0 fully saturated rings. The zero-order valence-electron chi connectivity index (χ0n) is 12.6. The summed E-state index contributed by atoms with van der Waals surface area (Å²) in [6.07, 6.45) is 1.74. The lowest BCUT2D eigenvalue weighted by atomic mass is 10.1. The van der Waals surface area contributed by atoms with Gasteiger partial charge in [0.1, 0.15) is 0 Å². The molecule has 0 saturated heterocycles. The smallest absolute Gasteiger partial charge is 0.257 e. The van der Waals surface area contributed by atoms with Crippen LogP contribution in [0.4, 0.5) is 5.95 Å². The zero-order valence-corrected chi connectivity index (χ0v) is 12.6. The van der Waals surface area contributed by atoms with E-state index in [1.807, 2.05) is 31.2 Å². The molecule has 110 valence electrons. The maximum absolute atomic E-state index is 12.2. The van der Waals surface area contributed by atoms with Gasteiger partial charge in [-0.1, -0.05) is 24.8 Å². The number of benzene rings is 2. The molecule has 0 unspecified atom stereocenters. The summed E-state index contributed by atoms with van der Waals surface area (Å²) in [5.41, 5.74) is 5.69. The molecule has 0 aliphatic heterocycles. The van der Waals surface area contributed by atoms with E-state index in [0.717, 1.165) is 16.6 Å². The van der Waals surface area contributed by atoms with Gasteiger partial charge in [0.25, 0.3) is 5.91 Å². The first-order chi connectivity index (χ1) is 10.6. The summed E-state index contributed by atoms with van der Waals surface area (Å²) in [6.45, 7) is 7.79. The minimum absolute atomic E-state index is 0.192. The lowest BCUT2D eigenvalue weighted by Gasteiger charge is -2.02. The van der Waals surface area contributed by atoms with Crippen molar-refractivity contribution in [3.05, 3.63) is 65.2 Å². The monoisotopic (exact) mass is 291 g/mol. The average Bonchev–Trinajstić information content (AvgIpc) is 2.89. The van der Waals surface area contributed by atoms with Gasteiger partial charge in [-0.25, -0.2) is 4.98 Å². The van der Waals surface area contributed by atoms with Gasteiger partial charge in [-0.15, -0.1) is 0 Å². The summed E-state index contributed by atoms with van der Waals surface area (Å²) in [5, 5.41) is 2.79. The molecule has 22 heavy (non-hydrogen) atoms. The lowest BCUT2D eigenvalue weighted by Crippen LogP contribution is -2.12. The van der Waals surface area contributed by atoms with Crippen LogP contribution in [0.15, 0.2) is 43.0 Å². The number of aryl methyl sites for hydroxylation is 2. The average molecular weight is 291 g/mol. The summed E-state index contributed by atoms with van der Waals surface area (Å²) in [7, 11) is 0. The first-order valence-corrected chi connectivity index (χ1v) is 7.07. The predicted octanol–water partition coefficient (Wildman–Crippen LogP) is 4.08. The molecule has 1 amide bonds. The Kier molecular flexibility index (Phi) is 3.51. The van der Waals surface area contributed by atoms with Gasteiger partial charge in [0.05, 0.1) is 11.0 Å². The van der Waals surface area contributed by atoms with E-state index in [2.05, 4.69) is 28.8 Å². The van der Waals surface area contributed by atoms with E-state index in [-0.39, 0.29) is 5.91 Å². The first kappa shape index (κ1) is 14.1. The Hall–Kier alpha value is -2.88. The number of nitrogens with one attached hydrogen (secondary N) is 2. The van der Waals surface area contributed by atoms with Crippen molar-refractivity contribution in [2.24, 2.45) is 0 Å². The number of nitrogens with zero attached hydrogens (tertiary/aromatic N) is 1. The van der Waals surface area contributed by atoms with E-state index in [0.29, 0.717) is 11.5 Å². The number of aromatic amines is 1. The summed E-state index contributed by atoms with van der Waals surface area (Å²) in [4.78, 5) is 19.8. The van der Waals surface area contributed by atoms with Crippen molar-refractivity contribution >= 4 is 29.0 Å². The van der Waals surface area contributed by atoms with Gasteiger partial charge in [0.2, 0.25) is 5.95 Å². The molecule has 0 saturated carbocycles. The number of carbonyl (C=O) groups excluding carboxylic acids is 1. The Bertz CT molecular complexity index is 821. The van der Waals surface area contributed by atoms with Crippen molar-refractivity contribution in [1.29, 1.82) is 0 Å². The fourth-order valence-electron chi connectivity index (χ4n) is 2.28. The van der Waals surface area contributed by atoms with Crippen molar-refractivity contribution in [3.8, 4) is 0 Å². The number of hydrogen-bond donors (Lipinski definition) is 2. The zero-order chi connectivity index (χ0) is 15.7. The molecule has 0 spiro atoms. The SMILES string of the molecule is C=Cc1ccc(C(=O)Nc2nc3cc(C)c(C)cc3[nH]2)cc1. The highest BCUT2D eigenvalue weighted by molar-refractivity contribution is 6.04. The topological polar surface area (TPSA) is 57.8 Å². The van der Waals surface area contributed by atoms with Crippen LogP contribution < -0.4 is 5.32 Å². The van der Waals surface area contributed by atoms with Gasteiger partial charge in [-0.2, -0.15) is 0 Å². The maximum atomic E-state index is 12.2. The molecule has 0 aliphatic rings. The summed E-state index contributed by atoms with van der Waals surface area (Å²) >= 11 is 0. The highest BCUT2D eigenvalue weighted by Crippen LogP contribution is 2.19. The van der Waals surface area contributed by atoms with Gasteiger partial charge in [-0.05, 0) is 54.8 Å². The standard InChI is InChI=1S/C18H17N3O/c1-4-13-5-7-14(8-6-13)17(22)21-18-19-15-9-11(2)12(3)10-16(15)20-18/h4-10H,1H2,2-3H3,(H2,19,20,21,22). The fourth-order valence-corrected chi connectivity index (χ4v) is 2.28. The van der Waals surface area contributed by atoms with Gasteiger partial charge in [0.15, 0.2) is 0 Å². The minimum Gasteiger partial charge on any atom is -0.324 e. The van der Waals surface area contributed by atoms with E-state index < -0.39 is 0 Å². The molecule has 2 aromatic carbocycles. The second-order valence-electron chi connectivity index (χ2n) is 5.32. The highest BCUT2D eigenvalue weighted by Gasteiger charge is 2.10. The number of fused-ring (bicyclic) bond motifs is 1. The van der Waals surface area contributed by atoms with Crippen LogP contribution in [0, 0.1) is 13.8 Å². The van der Waals surface area contributed by atoms with Crippen LogP contribution in [0.2, 0.25) is 0 Å². The summed E-state index contributed by atoms with van der Waals surface area (Å²) < 4.78 is 0. The van der Waals surface area contributed by atoms with E-state index >= 15 is 0 Å². The van der Waals surface area contributed by atoms with Crippen molar-refractivity contribution in [1.82, 2.24) is 9.97 Å². The number of imidazole rings is 1. The molecule has 2 N–H and O–H groups in total. The summed E-state index contributed by atoms with van der Waals surface area (Å²) in [5.74, 6) is 0.265. The third-order valence-corrected chi connectivity index (χ3v) is 3.74. The minimum atomic E-state index is -0.192. The third-order valence-electron chi connectivity index (χ3n) is 3.74. The molecule has 1 aromatic heterocycles.